The molecule has 2 nitrogen and oxygen atoms in total. The number of rotatable bonds is 4. The molecule has 0 amide bonds. The number of ether oxygens (including phenoxy) is 2. The summed E-state index contributed by atoms with van der Waals surface area (Å²) in [6.45, 7) is 0. The molecule has 0 heterocycles. The molecule has 0 saturated heterocycles. The lowest BCUT2D eigenvalue weighted by Crippen LogP contribution is -2.13. The van der Waals surface area contributed by atoms with Crippen LogP contribution < -0.4 is 0 Å². The molecule has 16 heavy (non-hydrogen) atoms. The minimum Gasteiger partial charge on any atom is -0.374 e. The molecular formula is C14H18O2. The van der Waals surface area contributed by atoms with Crippen LogP contribution in [0, 0.1) is 0 Å². The second-order valence-electron chi connectivity index (χ2n) is 4.98. The molecule has 2 saturated carbocycles. The summed E-state index contributed by atoms with van der Waals surface area (Å²) in [5.74, 6) is 0. The maximum absolute atomic E-state index is 5.62. The SMILES string of the molecule is COC1(c2cccc(C3(OC)CC3)c2)CC1. The van der Waals surface area contributed by atoms with E-state index in [0.29, 0.717) is 0 Å². The van der Waals surface area contributed by atoms with Crippen LogP contribution in [0.5, 0.6) is 0 Å². The molecule has 3 rings (SSSR count). The molecule has 0 bridgehead atoms. The van der Waals surface area contributed by atoms with Gasteiger partial charge in [-0.2, -0.15) is 0 Å². The van der Waals surface area contributed by atoms with Crippen molar-refractivity contribution < 1.29 is 9.47 Å². The third-order valence-corrected chi connectivity index (χ3v) is 4.10. The van der Waals surface area contributed by atoms with Crippen LogP contribution in [0.3, 0.4) is 0 Å². The summed E-state index contributed by atoms with van der Waals surface area (Å²) in [5, 5.41) is 0. The summed E-state index contributed by atoms with van der Waals surface area (Å²) in [5.41, 5.74) is 2.66. The molecule has 0 radical (unpaired) electrons. The molecule has 0 aromatic heterocycles. The molecule has 86 valence electrons. The van der Waals surface area contributed by atoms with Crippen LogP contribution in [0.15, 0.2) is 24.3 Å². The Kier molecular flexibility index (Phi) is 2.13. The van der Waals surface area contributed by atoms with E-state index < -0.39 is 0 Å². The van der Waals surface area contributed by atoms with Gasteiger partial charge in [0, 0.05) is 14.2 Å². The van der Waals surface area contributed by atoms with Crippen LogP contribution in [0.1, 0.15) is 36.8 Å². The van der Waals surface area contributed by atoms with E-state index in [2.05, 4.69) is 24.3 Å². The van der Waals surface area contributed by atoms with Crippen molar-refractivity contribution in [2.24, 2.45) is 0 Å². The second kappa shape index (κ2) is 3.31. The zero-order chi connectivity index (χ0) is 11.2. The quantitative estimate of drug-likeness (QED) is 0.773. The van der Waals surface area contributed by atoms with E-state index in [9.17, 15) is 0 Å². The maximum atomic E-state index is 5.62. The molecular weight excluding hydrogens is 200 g/mol. The van der Waals surface area contributed by atoms with Gasteiger partial charge < -0.3 is 9.47 Å². The number of methoxy groups -OCH3 is 2. The first-order chi connectivity index (χ1) is 7.75. The van der Waals surface area contributed by atoms with Crippen LogP contribution in [0.25, 0.3) is 0 Å². The lowest BCUT2D eigenvalue weighted by molar-refractivity contribution is 0.0732. The van der Waals surface area contributed by atoms with E-state index >= 15 is 0 Å². The number of benzene rings is 1. The van der Waals surface area contributed by atoms with E-state index in [1.165, 1.54) is 11.1 Å². The smallest absolute Gasteiger partial charge is 0.0930 e. The summed E-state index contributed by atoms with van der Waals surface area (Å²) in [6.07, 6.45) is 4.58. The third-order valence-electron chi connectivity index (χ3n) is 4.10. The Hall–Kier alpha value is -0.860. The van der Waals surface area contributed by atoms with Gasteiger partial charge in [-0.25, -0.2) is 0 Å². The van der Waals surface area contributed by atoms with Crippen molar-refractivity contribution in [3.63, 3.8) is 0 Å². The van der Waals surface area contributed by atoms with Gasteiger partial charge in [0.15, 0.2) is 0 Å². The molecule has 0 spiro atoms. The first kappa shape index (κ1) is 10.3. The monoisotopic (exact) mass is 218 g/mol. The highest BCUT2D eigenvalue weighted by Crippen LogP contribution is 2.52. The fourth-order valence-electron chi connectivity index (χ4n) is 2.53. The highest BCUT2D eigenvalue weighted by Gasteiger charge is 2.48. The van der Waals surface area contributed by atoms with Crippen molar-refractivity contribution in [1.29, 1.82) is 0 Å². The van der Waals surface area contributed by atoms with Crippen molar-refractivity contribution >= 4 is 0 Å². The van der Waals surface area contributed by atoms with E-state index in [-0.39, 0.29) is 11.2 Å². The molecule has 1 aromatic carbocycles. The van der Waals surface area contributed by atoms with E-state index in [1.54, 1.807) is 0 Å². The molecule has 2 aliphatic rings. The van der Waals surface area contributed by atoms with Crippen LogP contribution >= 0.6 is 0 Å². The predicted octanol–water partition coefficient (Wildman–Crippen LogP) is 2.96. The largest absolute Gasteiger partial charge is 0.374 e. The van der Waals surface area contributed by atoms with Gasteiger partial charge in [0.2, 0.25) is 0 Å². The van der Waals surface area contributed by atoms with Crippen LogP contribution in [0.2, 0.25) is 0 Å². The van der Waals surface area contributed by atoms with Gasteiger partial charge in [0.1, 0.15) is 0 Å². The maximum Gasteiger partial charge on any atom is 0.0930 e. The molecule has 0 atom stereocenters. The van der Waals surface area contributed by atoms with Gasteiger partial charge in [-0.1, -0.05) is 24.3 Å². The van der Waals surface area contributed by atoms with Gasteiger partial charge in [-0.05, 0) is 36.8 Å². The zero-order valence-electron chi connectivity index (χ0n) is 9.95. The zero-order valence-corrected chi connectivity index (χ0v) is 9.95. The molecule has 2 aliphatic carbocycles. The average molecular weight is 218 g/mol. The van der Waals surface area contributed by atoms with Gasteiger partial charge >= 0.3 is 0 Å². The standard InChI is InChI=1S/C14H18O2/c1-15-13(6-7-13)11-4-3-5-12(10-11)14(16-2)8-9-14/h3-5,10H,6-9H2,1-2H3. The Bertz CT molecular complexity index is 368. The minimum absolute atomic E-state index is 0.0137. The highest BCUT2D eigenvalue weighted by atomic mass is 16.5. The Morgan fingerprint density at radius 1 is 0.875 bits per heavy atom. The topological polar surface area (TPSA) is 18.5 Å². The van der Waals surface area contributed by atoms with Crippen molar-refractivity contribution in [1.82, 2.24) is 0 Å². The lowest BCUT2D eigenvalue weighted by atomic mass is 10.00. The summed E-state index contributed by atoms with van der Waals surface area (Å²) in [4.78, 5) is 0. The van der Waals surface area contributed by atoms with Crippen molar-refractivity contribution in [3.8, 4) is 0 Å². The molecule has 0 N–H and O–H groups in total. The Morgan fingerprint density at radius 3 is 1.62 bits per heavy atom. The highest BCUT2D eigenvalue weighted by molar-refractivity contribution is 5.37. The normalized spacial score (nSPS) is 24.1. The first-order valence-electron chi connectivity index (χ1n) is 5.96. The number of hydrogen-bond donors (Lipinski definition) is 0. The molecule has 1 aromatic rings. The number of hydrogen-bond acceptors (Lipinski definition) is 2. The lowest BCUT2D eigenvalue weighted by Gasteiger charge is -2.18. The Labute approximate surface area is 96.6 Å². The Morgan fingerprint density at radius 2 is 1.31 bits per heavy atom. The molecule has 2 fully saturated rings. The van der Waals surface area contributed by atoms with Crippen molar-refractivity contribution in [3.05, 3.63) is 35.4 Å². The predicted molar refractivity (Wildman–Crippen MR) is 62.3 cm³/mol. The van der Waals surface area contributed by atoms with Crippen molar-refractivity contribution in [2.45, 2.75) is 36.9 Å². The van der Waals surface area contributed by atoms with E-state index in [4.69, 9.17) is 9.47 Å². The minimum atomic E-state index is 0.0137. The van der Waals surface area contributed by atoms with Gasteiger partial charge in [-0.15, -0.1) is 0 Å². The van der Waals surface area contributed by atoms with E-state index in [0.717, 1.165) is 25.7 Å². The fourth-order valence-corrected chi connectivity index (χ4v) is 2.53. The first-order valence-corrected chi connectivity index (χ1v) is 5.96. The van der Waals surface area contributed by atoms with Gasteiger partial charge in [0.05, 0.1) is 11.2 Å². The second-order valence-corrected chi connectivity index (χ2v) is 4.98. The van der Waals surface area contributed by atoms with Crippen molar-refractivity contribution in [2.75, 3.05) is 14.2 Å². The summed E-state index contributed by atoms with van der Waals surface area (Å²) < 4.78 is 11.2. The molecule has 2 heteroatoms. The average Bonchev–Trinajstić information content (AvgIpc) is 3.24. The summed E-state index contributed by atoms with van der Waals surface area (Å²) in [6, 6.07) is 8.74. The Balaban J connectivity index is 1.95. The summed E-state index contributed by atoms with van der Waals surface area (Å²) >= 11 is 0. The van der Waals surface area contributed by atoms with Gasteiger partial charge in [0.25, 0.3) is 0 Å². The van der Waals surface area contributed by atoms with Crippen LogP contribution in [0.4, 0.5) is 0 Å². The summed E-state index contributed by atoms with van der Waals surface area (Å²) in [7, 11) is 3.62. The van der Waals surface area contributed by atoms with E-state index in [1.807, 2.05) is 14.2 Å². The molecule has 0 aliphatic heterocycles. The van der Waals surface area contributed by atoms with Gasteiger partial charge in [-0.3, -0.25) is 0 Å². The van der Waals surface area contributed by atoms with Crippen LogP contribution in [-0.4, -0.2) is 14.2 Å². The van der Waals surface area contributed by atoms with Crippen LogP contribution in [-0.2, 0) is 20.7 Å². The third kappa shape index (κ3) is 1.40. The fraction of sp³-hybridized carbons (Fsp3) is 0.571. The molecule has 0 unspecified atom stereocenters.